The monoisotopic (exact) mass is 371 g/mol. The Morgan fingerprint density at radius 1 is 0.929 bits per heavy atom. The van der Waals surface area contributed by atoms with Crippen LogP contribution in [0.25, 0.3) is 33.2 Å². The van der Waals surface area contributed by atoms with E-state index >= 15 is 0 Å². The molecule has 0 aliphatic carbocycles. The smallest absolute Gasteiger partial charge is 0.128 e. The Hall–Kier alpha value is -3.32. The molecule has 4 aromatic rings. The van der Waals surface area contributed by atoms with Crippen LogP contribution in [-0.2, 0) is 7.05 Å². The summed E-state index contributed by atoms with van der Waals surface area (Å²) in [5.74, 6) is 1.02. The van der Waals surface area contributed by atoms with Crippen molar-refractivity contribution >= 4 is 16.7 Å². The summed E-state index contributed by atoms with van der Waals surface area (Å²) in [6.07, 6.45) is 9.29. The molecule has 0 bridgehead atoms. The maximum Gasteiger partial charge on any atom is 0.128 e. The van der Waals surface area contributed by atoms with Crippen LogP contribution in [0, 0.1) is 0 Å². The molecule has 4 heterocycles. The number of piperazine rings is 1. The van der Waals surface area contributed by atoms with Gasteiger partial charge in [0.1, 0.15) is 12.1 Å². The molecule has 0 radical (unpaired) electrons. The Labute approximate surface area is 163 Å². The molecule has 5 rings (SSSR count). The summed E-state index contributed by atoms with van der Waals surface area (Å²) >= 11 is 0. The average Bonchev–Trinajstić information content (AvgIpc) is 3.20. The minimum atomic E-state index is 0.914. The summed E-state index contributed by atoms with van der Waals surface area (Å²) in [5, 5.41) is 8.70. The number of hydrogen-bond donors (Lipinski definition) is 1. The van der Waals surface area contributed by atoms with Gasteiger partial charge in [0.05, 0.1) is 11.7 Å². The lowest BCUT2D eigenvalue weighted by Crippen LogP contribution is -2.43. The lowest BCUT2D eigenvalue weighted by atomic mass is 9.97. The molecule has 0 saturated carbocycles. The van der Waals surface area contributed by atoms with Crippen molar-refractivity contribution in [2.24, 2.45) is 7.05 Å². The predicted molar refractivity (Wildman–Crippen MR) is 110 cm³/mol. The second-order valence-electron chi connectivity index (χ2n) is 7.02. The molecule has 0 atom stereocenters. The molecule has 0 amide bonds. The molecule has 1 aliphatic heterocycles. The lowest BCUT2D eigenvalue weighted by molar-refractivity contribution is 0.585. The van der Waals surface area contributed by atoms with Gasteiger partial charge in [0, 0.05) is 68.3 Å². The van der Waals surface area contributed by atoms with E-state index in [4.69, 9.17) is 4.98 Å². The zero-order valence-electron chi connectivity index (χ0n) is 15.7. The fraction of sp³-hybridized carbons (Fsp3) is 0.238. The first kappa shape index (κ1) is 16.8. The maximum atomic E-state index is 4.73. The molecule has 3 aromatic heterocycles. The molecule has 0 spiro atoms. The molecule has 7 nitrogen and oxygen atoms in total. The number of anilines is 1. The van der Waals surface area contributed by atoms with Gasteiger partial charge in [-0.25, -0.2) is 15.0 Å². The van der Waals surface area contributed by atoms with Crippen LogP contribution < -0.4 is 10.2 Å². The number of rotatable bonds is 3. The van der Waals surface area contributed by atoms with E-state index in [-0.39, 0.29) is 0 Å². The van der Waals surface area contributed by atoms with Gasteiger partial charge in [0.15, 0.2) is 0 Å². The van der Waals surface area contributed by atoms with Crippen LogP contribution in [0.2, 0.25) is 0 Å². The van der Waals surface area contributed by atoms with E-state index in [9.17, 15) is 0 Å². The van der Waals surface area contributed by atoms with Crippen LogP contribution in [0.4, 0.5) is 5.82 Å². The fourth-order valence-electron chi connectivity index (χ4n) is 3.69. The Kier molecular flexibility index (Phi) is 4.21. The third-order valence-corrected chi connectivity index (χ3v) is 5.16. The van der Waals surface area contributed by atoms with Gasteiger partial charge in [-0.3, -0.25) is 4.68 Å². The minimum Gasteiger partial charge on any atom is -0.354 e. The molecular weight excluding hydrogens is 350 g/mol. The second kappa shape index (κ2) is 7.01. The predicted octanol–water partition coefficient (Wildman–Crippen LogP) is 2.50. The molecule has 1 aliphatic rings. The number of nitrogens with one attached hydrogen (secondary N) is 1. The summed E-state index contributed by atoms with van der Waals surface area (Å²) < 4.78 is 1.81. The highest BCUT2D eigenvalue weighted by Crippen LogP contribution is 2.33. The van der Waals surface area contributed by atoms with Crippen molar-refractivity contribution < 1.29 is 0 Å². The van der Waals surface area contributed by atoms with Gasteiger partial charge >= 0.3 is 0 Å². The number of pyridine rings is 1. The highest BCUT2D eigenvalue weighted by atomic mass is 15.2. The van der Waals surface area contributed by atoms with Crippen molar-refractivity contribution in [3.63, 3.8) is 0 Å². The van der Waals surface area contributed by atoms with Gasteiger partial charge in [-0.15, -0.1) is 0 Å². The zero-order chi connectivity index (χ0) is 18.9. The quantitative estimate of drug-likeness (QED) is 0.597. The largest absolute Gasteiger partial charge is 0.354 e. The standard InChI is InChI=1S/C21H21N7/c1-27-13-17(11-26-27)16-8-18(19-12-23-14-25-20(19)9-16)15-2-3-21(24-10-15)28-6-4-22-5-7-28/h2-3,8-14,22H,4-7H2,1H3. The number of aryl methyl sites for hydroxylation is 1. The van der Waals surface area contributed by atoms with Crippen molar-refractivity contribution in [3.8, 4) is 22.3 Å². The van der Waals surface area contributed by atoms with Gasteiger partial charge in [-0.2, -0.15) is 5.10 Å². The molecule has 140 valence electrons. The summed E-state index contributed by atoms with van der Waals surface area (Å²) in [5.41, 5.74) is 5.20. The number of fused-ring (bicyclic) bond motifs is 1. The summed E-state index contributed by atoms with van der Waals surface area (Å²) in [6, 6.07) is 8.50. The normalized spacial score (nSPS) is 14.5. The summed E-state index contributed by atoms with van der Waals surface area (Å²) in [7, 11) is 1.92. The first-order valence-corrected chi connectivity index (χ1v) is 9.43. The molecular formula is C21H21N7. The van der Waals surface area contributed by atoms with E-state index in [2.05, 4.69) is 49.5 Å². The van der Waals surface area contributed by atoms with E-state index in [1.54, 1.807) is 6.33 Å². The molecule has 7 heteroatoms. The highest BCUT2D eigenvalue weighted by molar-refractivity contribution is 5.97. The topological polar surface area (TPSA) is 71.8 Å². The van der Waals surface area contributed by atoms with Crippen LogP contribution in [0.3, 0.4) is 0 Å². The lowest BCUT2D eigenvalue weighted by Gasteiger charge is -2.28. The number of benzene rings is 1. The Morgan fingerprint density at radius 3 is 2.57 bits per heavy atom. The fourth-order valence-corrected chi connectivity index (χ4v) is 3.69. The Bertz CT molecular complexity index is 1110. The molecule has 0 unspecified atom stereocenters. The third kappa shape index (κ3) is 3.10. The minimum absolute atomic E-state index is 0.914. The van der Waals surface area contributed by atoms with E-state index in [0.29, 0.717) is 0 Å². The average molecular weight is 371 g/mol. The van der Waals surface area contributed by atoms with Crippen molar-refractivity contribution in [3.05, 3.63) is 55.4 Å². The SMILES string of the molecule is Cn1cc(-c2cc(-c3ccc(N4CCNCC4)nc3)c3cncnc3c2)cn1. The molecule has 1 N–H and O–H groups in total. The van der Waals surface area contributed by atoms with E-state index in [1.807, 2.05) is 36.5 Å². The molecule has 1 aromatic carbocycles. The van der Waals surface area contributed by atoms with Gasteiger partial charge in [0.25, 0.3) is 0 Å². The van der Waals surface area contributed by atoms with Crippen molar-refractivity contribution in [2.75, 3.05) is 31.1 Å². The van der Waals surface area contributed by atoms with Crippen molar-refractivity contribution in [1.82, 2.24) is 30.0 Å². The number of hydrogen-bond acceptors (Lipinski definition) is 6. The van der Waals surface area contributed by atoms with E-state index in [0.717, 1.165) is 65.2 Å². The zero-order valence-corrected chi connectivity index (χ0v) is 15.7. The molecule has 28 heavy (non-hydrogen) atoms. The van der Waals surface area contributed by atoms with Crippen LogP contribution in [0.5, 0.6) is 0 Å². The molecule has 1 fully saturated rings. The maximum absolute atomic E-state index is 4.73. The second-order valence-corrected chi connectivity index (χ2v) is 7.02. The first-order chi connectivity index (χ1) is 13.8. The third-order valence-electron chi connectivity index (χ3n) is 5.16. The Morgan fingerprint density at radius 2 is 1.82 bits per heavy atom. The summed E-state index contributed by atoms with van der Waals surface area (Å²) in [6.45, 7) is 3.97. The van der Waals surface area contributed by atoms with Crippen LogP contribution in [0.1, 0.15) is 0 Å². The van der Waals surface area contributed by atoms with Gasteiger partial charge in [-0.05, 0) is 35.4 Å². The van der Waals surface area contributed by atoms with Gasteiger partial charge in [-0.1, -0.05) is 0 Å². The Balaban J connectivity index is 1.59. The highest BCUT2D eigenvalue weighted by Gasteiger charge is 2.14. The van der Waals surface area contributed by atoms with Gasteiger partial charge in [0.2, 0.25) is 0 Å². The van der Waals surface area contributed by atoms with Crippen molar-refractivity contribution in [2.45, 2.75) is 0 Å². The first-order valence-electron chi connectivity index (χ1n) is 9.43. The number of aromatic nitrogens is 5. The van der Waals surface area contributed by atoms with Gasteiger partial charge < -0.3 is 10.2 Å². The van der Waals surface area contributed by atoms with E-state index in [1.165, 1.54) is 0 Å². The van der Waals surface area contributed by atoms with Crippen LogP contribution in [0.15, 0.2) is 55.4 Å². The number of nitrogens with zero attached hydrogens (tertiary/aromatic N) is 6. The molecule has 1 saturated heterocycles. The summed E-state index contributed by atoms with van der Waals surface area (Å²) in [4.78, 5) is 15.8. The van der Waals surface area contributed by atoms with Crippen molar-refractivity contribution in [1.29, 1.82) is 0 Å². The van der Waals surface area contributed by atoms with Crippen LogP contribution >= 0.6 is 0 Å². The van der Waals surface area contributed by atoms with E-state index < -0.39 is 0 Å². The van der Waals surface area contributed by atoms with Crippen LogP contribution in [-0.4, -0.2) is 50.9 Å².